The summed E-state index contributed by atoms with van der Waals surface area (Å²) in [7, 11) is 1.64. The summed E-state index contributed by atoms with van der Waals surface area (Å²) >= 11 is 3.50. The Morgan fingerprint density at radius 1 is 1.20 bits per heavy atom. The molecule has 0 aliphatic rings. The molecule has 1 atom stereocenters. The Kier molecular flexibility index (Phi) is 5.16. The second-order valence-electron chi connectivity index (χ2n) is 4.28. The lowest BCUT2D eigenvalue weighted by molar-refractivity contribution is 0.412. The van der Waals surface area contributed by atoms with Gasteiger partial charge in [-0.3, -0.25) is 5.32 Å². The molecule has 0 fully saturated rings. The third-order valence-electron chi connectivity index (χ3n) is 3.03. The number of methoxy groups -OCH3 is 1. The lowest BCUT2D eigenvalue weighted by atomic mass is 9.98. The van der Waals surface area contributed by atoms with Crippen LogP contribution in [0.5, 0.6) is 5.75 Å². The van der Waals surface area contributed by atoms with Crippen molar-refractivity contribution in [1.29, 1.82) is 5.26 Å². The van der Waals surface area contributed by atoms with Gasteiger partial charge in [0.05, 0.1) is 30.2 Å². The van der Waals surface area contributed by atoms with Gasteiger partial charge in [-0.1, -0.05) is 36.4 Å². The van der Waals surface area contributed by atoms with E-state index in [1.54, 1.807) is 7.11 Å². The maximum atomic E-state index is 8.80. The third-order valence-corrected chi connectivity index (χ3v) is 3.65. The van der Waals surface area contributed by atoms with Gasteiger partial charge in [-0.05, 0) is 39.2 Å². The van der Waals surface area contributed by atoms with E-state index >= 15 is 0 Å². The van der Waals surface area contributed by atoms with Crippen LogP contribution in [-0.2, 0) is 0 Å². The van der Waals surface area contributed by atoms with Crippen LogP contribution in [0.3, 0.4) is 0 Å². The first-order chi connectivity index (χ1) is 9.76. The molecule has 0 aromatic heterocycles. The van der Waals surface area contributed by atoms with Crippen LogP contribution in [-0.4, -0.2) is 13.7 Å². The van der Waals surface area contributed by atoms with Crippen molar-refractivity contribution < 1.29 is 4.74 Å². The SMILES string of the molecule is COc1ccc(C(NCC#N)c2ccccc2)cc1Br. The first-order valence-electron chi connectivity index (χ1n) is 6.25. The highest BCUT2D eigenvalue weighted by molar-refractivity contribution is 9.10. The lowest BCUT2D eigenvalue weighted by Gasteiger charge is -2.19. The van der Waals surface area contributed by atoms with E-state index in [1.807, 2.05) is 48.5 Å². The van der Waals surface area contributed by atoms with Crippen LogP contribution in [0.15, 0.2) is 53.0 Å². The first kappa shape index (κ1) is 14.6. The van der Waals surface area contributed by atoms with Crippen molar-refractivity contribution in [1.82, 2.24) is 5.32 Å². The first-order valence-corrected chi connectivity index (χ1v) is 7.04. The van der Waals surface area contributed by atoms with Gasteiger partial charge in [0, 0.05) is 0 Å². The van der Waals surface area contributed by atoms with Crippen LogP contribution in [0.1, 0.15) is 17.2 Å². The Balaban J connectivity index is 2.36. The number of rotatable bonds is 5. The number of nitriles is 1. The number of nitrogens with zero attached hydrogens (tertiary/aromatic N) is 1. The smallest absolute Gasteiger partial charge is 0.133 e. The van der Waals surface area contributed by atoms with Gasteiger partial charge < -0.3 is 4.74 Å². The predicted molar refractivity (Wildman–Crippen MR) is 82.6 cm³/mol. The molecule has 2 aromatic carbocycles. The molecule has 0 saturated heterocycles. The standard InChI is InChI=1S/C16H15BrN2O/c1-20-15-8-7-13(11-14(15)17)16(19-10-9-18)12-5-3-2-4-6-12/h2-8,11,16,19H,10H2,1H3. The van der Waals surface area contributed by atoms with E-state index in [1.165, 1.54) is 0 Å². The molecule has 1 unspecified atom stereocenters. The topological polar surface area (TPSA) is 45.0 Å². The number of halogens is 1. The highest BCUT2D eigenvalue weighted by Crippen LogP contribution is 2.30. The molecular formula is C16H15BrN2O. The summed E-state index contributed by atoms with van der Waals surface area (Å²) in [6, 6.07) is 18.1. The Bertz CT molecular complexity index is 608. The van der Waals surface area contributed by atoms with Crippen LogP contribution in [0.2, 0.25) is 0 Å². The molecule has 4 heteroatoms. The fourth-order valence-electron chi connectivity index (χ4n) is 2.08. The molecule has 3 nitrogen and oxygen atoms in total. The van der Waals surface area contributed by atoms with Gasteiger partial charge in [0.1, 0.15) is 5.75 Å². The maximum Gasteiger partial charge on any atom is 0.133 e. The molecule has 0 heterocycles. The fraction of sp³-hybridized carbons (Fsp3) is 0.188. The Morgan fingerprint density at radius 3 is 2.55 bits per heavy atom. The monoisotopic (exact) mass is 330 g/mol. The molecule has 0 aliphatic carbocycles. The van der Waals surface area contributed by atoms with Gasteiger partial charge in [-0.25, -0.2) is 0 Å². The number of hydrogen-bond donors (Lipinski definition) is 1. The van der Waals surface area contributed by atoms with E-state index in [0.29, 0.717) is 6.54 Å². The van der Waals surface area contributed by atoms with Crippen molar-refractivity contribution in [3.63, 3.8) is 0 Å². The number of nitrogens with one attached hydrogen (secondary N) is 1. The average Bonchev–Trinajstić information content (AvgIpc) is 2.49. The zero-order valence-electron chi connectivity index (χ0n) is 11.1. The second kappa shape index (κ2) is 7.09. The molecule has 0 radical (unpaired) electrons. The van der Waals surface area contributed by atoms with Gasteiger partial charge >= 0.3 is 0 Å². The van der Waals surface area contributed by atoms with Crippen LogP contribution in [0, 0.1) is 11.3 Å². The quantitative estimate of drug-likeness (QED) is 0.851. The van der Waals surface area contributed by atoms with Crippen molar-refractivity contribution in [2.75, 3.05) is 13.7 Å². The molecule has 0 spiro atoms. The molecule has 0 saturated carbocycles. The van der Waals surface area contributed by atoms with Crippen molar-refractivity contribution in [3.8, 4) is 11.8 Å². The summed E-state index contributed by atoms with van der Waals surface area (Å²) in [6.07, 6.45) is 0. The van der Waals surface area contributed by atoms with E-state index in [4.69, 9.17) is 10.00 Å². The molecule has 20 heavy (non-hydrogen) atoms. The lowest BCUT2D eigenvalue weighted by Crippen LogP contribution is -2.22. The Morgan fingerprint density at radius 2 is 1.95 bits per heavy atom. The molecule has 2 rings (SSSR count). The predicted octanol–water partition coefficient (Wildman–Crippen LogP) is 3.66. The number of benzene rings is 2. The van der Waals surface area contributed by atoms with Gasteiger partial charge in [0.25, 0.3) is 0 Å². The third kappa shape index (κ3) is 3.38. The van der Waals surface area contributed by atoms with Gasteiger partial charge in [-0.15, -0.1) is 0 Å². The van der Waals surface area contributed by atoms with Crippen molar-refractivity contribution >= 4 is 15.9 Å². The molecule has 0 amide bonds. The summed E-state index contributed by atoms with van der Waals surface area (Å²) in [4.78, 5) is 0. The van der Waals surface area contributed by atoms with Crippen LogP contribution >= 0.6 is 15.9 Å². The molecule has 102 valence electrons. The number of ether oxygens (including phenoxy) is 1. The maximum absolute atomic E-state index is 8.80. The van der Waals surface area contributed by atoms with E-state index in [2.05, 4.69) is 27.3 Å². The van der Waals surface area contributed by atoms with E-state index in [-0.39, 0.29) is 6.04 Å². The van der Waals surface area contributed by atoms with Crippen molar-refractivity contribution in [2.45, 2.75) is 6.04 Å². The van der Waals surface area contributed by atoms with E-state index in [9.17, 15) is 0 Å². The Hall–Kier alpha value is -1.83. The van der Waals surface area contributed by atoms with Crippen molar-refractivity contribution in [2.24, 2.45) is 0 Å². The highest BCUT2D eigenvalue weighted by Gasteiger charge is 2.14. The van der Waals surface area contributed by atoms with Gasteiger partial charge in [-0.2, -0.15) is 5.26 Å². The van der Waals surface area contributed by atoms with Gasteiger partial charge in [0.2, 0.25) is 0 Å². The highest BCUT2D eigenvalue weighted by atomic mass is 79.9. The normalized spacial score (nSPS) is 11.7. The minimum atomic E-state index is -0.0157. The molecule has 1 N–H and O–H groups in total. The summed E-state index contributed by atoms with van der Waals surface area (Å²) < 4.78 is 6.15. The average molecular weight is 331 g/mol. The summed E-state index contributed by atoms with van der Waals surface area (Å²) in [5, 5.41) is 12.0. The van der Waals surface area contributed by atoms with Gasteiger partial charge in [0.15, 0.2) is 0 Å². The molecule has 2 aromatic rings. The van der Waals surface area contributed by atoms with Crippen molar-refractivity contribution in [3.05, 3.63) is 64.1 Å². The molecule has 0 bridgehead atoms. The fourth-order valence-corrected chi connectivity index (χ4v) is 2.64. The van der Waals surface area contributed by atoms with Crippen LogP contribution in [0.25, 0.3) is 0 Å². The van der Waals surface area contributed by atoms with E-state index < -0.39 is 0 Å². The summed E-state index contributed by atoms with van der Waals surface area (Å²) in [6.45, 7) is 0.295. The largest absolute Gasteiger partial charge is 0.496 e. The van der Waals surface area contributed by atoms with Crippen LogP contribution < -0.4 is 10.1 Å². The number of hydrogen-bond acceptors (Lipinski definition) is 3. The summed E-state index contributed by atoms with van der Waals surface area (Å²) in [5.41, 5.74) is 2.21. The zero-order valence-corrected chi connectivity index (χ0v) is 12.7. The van der Waals surface area contributed by atoms with E-state index in [0.717, 1.165) is 21.3 Å². The second-order valence-corrected chi connectivity index (χ2v) is 5.13. The Labute approximate surface area is 127 Å². The minimum absolute atomic E-state index is 0.0157. The zero-order chi connectivity index (χ0) is 14.4. The summed E-state index contributed by atoms with van der Waals surface area (Å²) in [5.74, 6) is 0.792. The molecule has 0 aliphatic heterocycles. The minimum Gasteiger partial charge on any atom is -0.496 e. The van der Waals surface area contributed by atoms with Crippen LogP contribution in [0.4, 0.5) is 0 Å². The molecular weight excluding hydrogens is 316 g/mol.